The van der Waals surface area contributed by atoms with Gasteiger partial charge < -0.3 is 19.3 Å². The molecule has 0 unspecified atom stereocenters. The molecule has 4 nitrogen and oxygen atoms in total. The molecule has 2 aromatic rings. The van der Waals surface area contributed by atoms with Crippen LogP contribution in [-0.2, 0) is 4.74 Å². The van der Waals surface area contributed by atoms with Crippen molar-refractivity contribution in [2.75, 3.05) is 32.2 Å². The summed E-state index contributed by atoms with van der Waals surface area (Å²) in [5, 5.41) is 8.86. The van der Waals surface area contributed by atoms with Gasteiger partial charge in [-0.15, -0.1) is 11.8 Å². The molecule has 0 bridgehead atoms. The third-order valence-corrected chi connectivity index (χ3v) is 4.92. The van der Waals surface area contributed by atoms with Crippen LogP contribution in [-0.4, -0.2) is 43.4 Å². The minimum absolute atomic E-state index is 0.0208. The Morgan fingerprint density at radius 2 is 1.81 bits per heavy atom. The van der Waals surface area contributed by atoms with Gasteiger partial charge in [-0.1, -0.05) is 17.7 Å². The van der Waals surface area contributed by atoms with Crippen molar-refractivity contribution in [2.24, 2.45) is 0 Å². The van der Waals surface area contributed by atoms with E-state index in [9.17, 15) is 0 Å². The number of aliphatic hydroxyl groups is 1. The zero-order chi connectivity index (χ0) is 18.8. The van der Waals surface area contributed by atoms with Gasteiger partial charge in [0.05, 0.1) is 6.61 Å². The highest BCUT2D eigenvalue weighted by Crippen LogP contribution is 2.26. The van der Waals surface area contributed by atoms with Crippen molar-refractivity contribution < 1.29 is 19.3 Å². The largest absolute Gasteiger partial charge is 0.491 e. The van der Waals surface area contributed by atoms with E-state index >= 15 is 0 Å². The standard InChI is InChI=1S/C21H28O4S/c1-4-23-19(14-25-18-7-5-16(2)6-8-18)15-26-20-9-10-21(17(3)13-20)24-12-11-22/h5-10,13,19,22H,4,11-12,14-15H2,1-3H3/t19-/m1/s1. The Morgan fingerprint density at radius 3 is 2.46 bits per heavy atom. The van der Waals surface area contributed by atoms with Gasteiger partial charge in [0.15, 0.2) is 0 Å². The summed E-state index contributed by atoms with van der Waals surface area (Å²) in [6, 6.07) is 14.1. The van der Waals surface area contributed by atoms with Crippen LogP contribution in [0.5, 0.6) is 11.5 Å². The van der Waals surface area contributed by atoms with Gasteiger partial charge in [-0.25, -0.2) is 0 Å². The number of aryl methyl sites for hydroxylation is 2. The Morgan fingerprint density at radius 1 is 1.04 bits per heavy atom. The molecule has 0 radical (unpaired) electrons. The third kappa shape index (κ3) is 6.90. The topological polar surface area (TPSA) is 47.9 Å². The Bertz CT molecular complexity index is 658. The van der Waals surface area contributed by atoms with Crippen LogP contribution >= 0.6 is 11.8 Å². The van der Waals surface area contributed by atoms with Crippen LogP contribution in [0.2, 0.25) is 0 Å². The van der Waals surface area contributed by atoms with Gasteiger partial charge in [0.25, 0.3) is 0 Å². The second-order valence-electron chi connectivity index (χ2n) is 6.01. The fraction of sp³-hybridized carbons (Fsp3) is 0.429. The molecule has 0 fully saturated rings. The predicted octanol–water partition coefficient (Wildman–Crippen LogP) is 4.25. The van der Waals surface area contributed by atoms with E-state index < -0.39 is 0 Å². The zero-order valence-corrected chi connectivity index (χ0v) is 16.6. The lowest BCUT2D eigenvalue weighted by Gasteiger charge is -2.18. The molecule has 0 aromatic heterocycles. The Balaban J connectivity index is 1.87. The highest BCUT2D eigenvalue weighted by Gasteiger charge is 2.11. The fourth-order valence-corrected chi connectivity index (χ4v) is 3.42. The van der Waals surface area contributed by atoms with Crippen LogP contribution in [0.1, 0.15) is 18.1 Å². The first-order chi connectivity index (χ1) is 12.6. The summed E-state index contributed by atoms with van der Waals surface area (Å²) in [6.07, 6.45) is 0.0249. The van der Waals surface area contributed by atoms with Crippen molar-refractivity contribution in [1.82, 2.24) is 0 Å². The summed E-state index contributed by atoms with van der Waals surface area (Å²) >= 11 is 1.74. The maximum absolute atomic E-state index is 8.86. The quantitative estimate of drug-likeness (QED) is 0.594. The zero-order valence-electron chi connectivity index (χ0n) is 15.7. The summed E-state index contributed by atoms with van der Waals surface area (Å²) in [5.74, 6) is 2.50. The molecule has 0 saturated heterocycles. The molecule has 142 valence electrons. The number of hydrogen-bond donors (Lipinski definition) is 1. The van der Waals surface area contributed by atoms with Gasteiger partial charge in [0, 0.05) is 17.3 Å². The van der Waals surface area contributed by atoms with E-state index in [4.69, 9.17) is 19.3 Å². The minimum atomic E-state index is 0.0208. The van der Waals surface area contributed by atoms with Gasteiger partial charge >= 0.3 is 0 Å². The number of thioether (sulfide) groups is 1. The van der Waals surface area contributed by atoms with E-state index in [1.807, 2.05) is 50.2 Å². The van der Waals surface area contributed by atoms with Crippen LogP contribution in [0.25, 0.3) is 0 Å². The lowest BCUT2D eigenvalue weighted by atomic mass is 10.2. The van der Waals surface area contributed by atoms with Crippen molar-refractivity contribution in [3.05, 3.63) is 53.6 Å². The van der Waals surface area contributed by atoms with Crippen molar-refractivity contribution in [1.29, 1.82) is 0 Å². The molecule has 0 aliphatic heterocycles. The molecule has 0 heterocycles. The van der Waals surface area contributed by atoms with E-state index in [2.05, 4.69) is 13.0 Å². The Kier molecular flexibility index (Phi) is 8.81. The van der Waals surface area contributed by atoms with Crippen LogP contribution in [0.15, 0.2) is 47.4 Å². The SMILES string of the molecule is CCO[C@H](COc1ccc(C)cc1)CSc1ccc(OCCO)c(C)c1. The van der Waals surface area contributed by atoms with Crippen molar-refractivity contribution >= 4 is 11.8 Å². The van der Waals surface area contributed by atoms with E-state index in [1.54, 1.807) is 11.8 Å². The molecule has 1 atom stereocenters. The highest BCUT2D eigenvalue weighted by atomic mass is 32.2. The van der Waals surface area contributed by atoms with Crippen LogP contribution in [0, 0.1) is 13.8 Å². The summed E-state index contributed by atoms with van der Waals surface area (Å²) in [6.45, 7) is 7.60. The first-order valence-corrected chi connectivity index (χ1v) is 9.89. The number of rotatable bonds is 11. The first-order valence-electron chi connectivity index (χ1n) is 8.90. The normalized spacial score (nSPS) is 12.0. The number of aliphatic hydroxyl groups excluding tert-OH is 1. The maximum atomic E-state index is 8.86. The molecule has 2 rings (SSSR count). The molecule has 0 aliphatic rings. The summed E-state index contributed by atoms with van der Waals surface area (Å²) < 4.78 is 17.2. The average Bonchev–Trinajstić information content (AvgIpc) is 2.64. The molecule has 0 saturated carbocycles. The average molecular weight is 377 g/mol. The van der Waals surface area contributed by atoms with E-state index in [0.717, 1.165) is 22.8 Å². The van der Waals surface area contributed by atoms with Gasteiger partial charge in [-0.05, 0) is 56.7 Å². The molecule has 5 heteroatoms. The third-order valence-electron chi connectivity index (χ3n) is 3.79. The van der Waals surface area contributed by atoms with Gasteiger partial charge in [0.2, 0.25) is 0 Å². The van der Waals surface area contributed by atoms with Gasteiger partial charge in [-0.2, -0.15) is 0 Å². The van der Waals surface area contributed by atoms with Gasteiger partial charge in [0.1, 0.15) is 30.8 Å². The predicted molar refractivity (Wildman–Crippen MR) is 107 cm³/mol. The number of hydrogen-bond acceptors (Lipinski definition) is 5. The monoisotopic (exact) mass is 376 g/mol. The number of benzene rings is 2. The highest BCUT2D eigenvalue weighted by molar-refractivity contribution is 7.99. The molecular formula is C21H28O4S. The molecule has 0 amide bonds. The van der Waals surface area contributed by atoms with Crippen molar-refractivity contribution in [3.63, 3.8) is 0 Å². The summed E-state index contributed by atoms with van der Waals surface area (Å²) in [4.78, 5) is 1.17. The lowest BCUT2D eigenvalue weighted by molar-refractivity contribution is 0.0433. The summed E-state index contributed by atoms with van der Waals surface area (Å²) in [7, 11) is 0. The fourth-order valence-electron chi connectivity index (χ4n) is 2.42. The molecular weight excluding hydrogens is 348 g/mol. The molecule has 26 heavy (non-hydrogen) atoms. The van der Waals surface area contributed by atoms with E-state index in [1.165, 1.54) is 10.5 Å². The molecule has 2 aromatic carbocycles. The second kappa shape index (κ2) is 11.1. The Labute approximate surface area is 160 Å². The van der Waals surface area contributed by atoms with Crippen LogP contribution in [0.3, 0.4) is 0 Å². The lowest BCUT2D eigenvalue weighted by Crippen LogP contribution is -2.24. The van der Waals surface area contributed by atoms with Crippen molar-refractivity contribution in [2.45, 2.75) is 31.8 Å². The number of ether oxygens (including phenoxy) is 3. The van der Waals surface area contributed by atoms with Gasteiger partial charge in [-0.3, -0.25) is 0 Å². The van der Waals surface area contributed by atoms with E-state index in [-0.39, 0.29) is 12.7 Å². The molecule has 0 aliphatic carbocycles. The second-order valence-corrected chi connectivity index (χ2v) is 7.11. The maximum Gasteiger partial charge on any atom is 0.122 e. The first kappa shape index (κ1) is 20.6. The molecule has 0 spiro atoms. The smallest absolute Gasteiger partial charge is 0.122 e. The van der Waals surface area contributed by atoms with Crippen LogP contribution in [0.4, 0.5) is 0 Å². The summed E-state index contributed by atoms with van der Waals surface area (Å²) in [5.41, 5.74) is 2.28. The Hall–Kier alpha value is -1.69. The van der Waals surface area contributed by atoms with Crippen LogP contribution < -0.4 is 9.47 Å². The molecule has 1 N–H and O–H groups in total. The minimum Gasteiger partial charge on any atom is -0.491 e. The van der Waals surface area contributed by atoms with E-state index in [0.29, 0.717) is 19.8 Å². The van der Waals surface area contributed by atoms with Crippen molar-refractivity contribution in [3.8, 4) is 11.5 Å².